The molecule has 29 heavy (non-hydrogen) atoms. The highest BCUT2D eigenvalue weighted by molar-refractivity contribution is 6.02. The molecule has 1 fully saturated rings. The highest BCUT2D eigenvalue weighted by atomic mass is 16.2. The van der Waals surface area contributed by atoms with Crippen LogP contribution in [0.4, 0.5) is 5.69 Å². The molecule has 0 aliphatic carbocycles. The average molecular weight is 389 g/mol. The molecule has 0 saturated carbocycles. The number of pyridine rings is 1. The summed E-state index contributed by atoms with van der Waals surface area (Å²) in [5.74, 6) is 0.0397. The molecule has 0 spiro atoms. The molecule has 4 rings (SSSR count). The van der Waals surface area contributed by atoms with Gasteiger partial charge in [0.1, 0.15) is 0 Å². The maximum atomic E-state index is 13.0. The van der Waals surface area contributed by atoms with Crippen LogP contribution in [0, 0.1) is 0 Å². The van der Waals surface area contributed by atoms with Crippen LogP contribution in [0.1, 0.15) is 18.9 Å². The van der Waals surface area contributed by atoms with Crippen LogP contribution < -0.4 is 5.32 Å². The highest BCUT2D eigenvalue weighted by Gasteiger charge is 2.24. The van der Waals surface area contributed by atoms with E-state index in [1.54, 1.807) is 6.20 Å². The predicted octanol–water partition coefficient (Wildman–Crippen LogP) is 3.77. The van der Waals surface area contributed by atoms with Crippen molar-refractivity contribution < 1.29 is 4.79 Å². The topological polar surface area (TPSA) is 48.5 Å². The Balaban J connectivity index is 1.37. The molecule has 0 radical (unpaired) electrons. The van der Waals surface area contributed by atoms with Gasteiger partial charge in [-0.2, -0.15) is 0 Å². The molecular weight excluding hydrogens is 360 g/mol. The molecule has 2 aromatic carbocycles. The first-order valence-corrected chi connectivity index (χ1v) is 10.4. The number of rotatable bonds is 5. The first-order valence-electron chi connectivity index (χ1n) is 10.4. The van der Waals surface area contributed by atoms with E-state index in [0.29, 0.717) is 0 Å². The third-order valence-corrected chi connectivity index (χ3v) is 5.70. The van der Waals surface area contributed by atoms with Crippen LogP contribution in [-0.2, 0) is 11.3 Å². The van der Waals surface area contributed by atoms with Gasteiger partial charge in [0.05, 0.1) is 17.2 Å². The van der Waals surface area contributed by atoms with Crippen LogP contribution in [-0.4, -0.2) is 52.9 Å². The molecule has 3 aromatic rings. The molecule has 0 bridgehead atoms. The lowest BCUT2D eigenvalue weighted by Gasteiger charge is -2.27. The minimum absolute atomic E-state index is 0.0397. The summed E-state index contributed by atoms with van der Waals surface area (Å²) in [7, 11) is 0. The maximum absolute atomic E-state index is 13.0. The summed E-state index contributed by atoms with van der Waals surface area (Å²) in [5, 5.41) is 4.09. The Morgan fingerprint density at radius 2 is 1.86 bits per heavy atom. The minimum Gasteiger partial charge on any atom is -0.324 e. The van der Waals surface area contributed by atoms with E-state index in [2.05, 4.69) is 50.4 Å². The Labute approximate surface area is 172 Å². The van der Waals surface area contributed by atoms with Crippen molar-refractivity contribution in [2.75, 3.05) is 31.5 Å². The number of aromatic nitrogens is 1. The van der Waals surface area contributed by atoms with Gasteiger partial charge in [-0.25, -0.2) is 0 Å². The van der Waals surface area contributed by atoms with Crippen LogP contribution in [0.3, 0.4) is 0 Å². The van der Waals surface area contributed by atoms with E-state index < -0.39 is 0 Å². The predicted molar refractivity (Wildman–Crippen MR) is 118 cm³/mol. The monoisotopic (exact) mass is 388 g/mol. The summed E-state index contributed by atoms with van der Waals surface area (Å²) < 4.78 is 0. The molecule has 1 saturated heterocycles. The number of carbonyl (C=O) groups excluding carboxylic acids is 1. The van der Waals surface area contributed by atoms with Gasteiger partial charge in [0.2, 0.25) is 5.91 Å². The van der Waals surface area contributed by atoms with Gasteiger partial charge < -0.3 is 5.32 Å². The Morgan fingerprint density at radius 1 is 1.00 bits per heavy atom. The van der Waals surface area contributed by atoms with Crippen LogP contribution in [0.5, 0.6) is 0 Å². The molecule has 5 nitrogen and oxygen atoms in total. The summed E-state index contributed by atoms with van der Waals surface area (Å²) in [4.78, 5) is 22.1. The molecule has 1 N–H and O–H groups in total. The van der Waals surface area contributed by atoms with Crippen molar-refractivity contribution in [2.45, 2.75) is 25.9 Å². The Kier molecular flexibility index (Phi) is 6.17. The zero-order valence-corrected chi connectivity index (χ0v) is 16.9. The molecule has 2 heterocycles. The summed E-state index contributed by atoms with van der Waals surface area (Å²) in [6.07, 6.45) is 2.84. The highest BCUT2D eigenvalue weighted by Crippen LogP contribution is 2.22. The van der Waals surface area contributed by atoms with Gasteiger partial charge >= 0.3 is 0 Å². The summed E-state index contributed by atoms with van der Waals surface area (Å²) in [6.45, 7) is 6.86. The van der Waals surface area contributed by atoms with Gasteiger partial charge in [0.15, 0.2) is 0 Å². The number of hydrogen-bond donors (Lipinski definition) is 1. The second-order valence-electron chi connectivity index (χ2n) is 7.69. The van der Waals surface area contributed by atoms with Gasteiger partial charge in [-0.3, -0.25) is 19.6 Å². The van der Waals surface area contributed by atoms with Crippen molar-refractivity contribution in [3.05, 3.63) is 72.4 Å². The maximum Gasteiger partial charge on any atom is 0.241 e. The Bertz CT molecular complexity index is 954. The minimum atomic E-state index is -0.168. The fourth-order valence-corrected chi connectivity index (χ4v) is 3.99. The van der Waals surface area contributed by atoms with Gasteiger partial charge in [-0.05, 0) is 49.7 Å². The number of hydrogen-bond acceptors (Lipinski definition) is 4. The van der Waals surface area contributed by atoms with Gasteiger partial charge in [-0.1, -0.05) is 36.4 Å². The van der Waals surface area contributed by atoms with Crippen LogP contribution >= 0.6 is 0 Å². The molecule has 1 amide bonds. The molecule has 1 aliphatic heterocycles. The zero-order valence-electron chi connectivity index (χ0n) is 16.9. The lowest BCUT2D eigenvalue weighted by molar-refractivity contribution is -0.120. The van der Waals surface area contributed by atoms with E-state index in [4.69, 9.17) is 0 Å². The van der Waals surface area contributed by atoms with E-state index in [0.717, 1.165) is 55.7 Å². The molecular formula is C24H28N4O. The fourth-order valence-electron chi connectivity index (χ4n) is 3.99. The normalized spacial score (nSPS) is 17.0. The van der Waals surface area contributed by atoms with E-state index in [1.165, 1.54) is 5.56 Å². The number of benzene rings is 2. The largest absolute Gasteiger partial charge is 0.324 e. The first kappa shape index (κ1) is 19.6. The molecule has 1 unspecified atom stereocenters. The SMILES string of the molecule is CC(C(=O)Nc1cccc2ncccc12)N1CCCN(Cc2ccccc2)CC1. The molecule has 1 aliphatic rings. The third-order valence-electron chi connectivity index (χ3n) is 5.70. The Morgan fingerprint density at radius 3 is 2.72 bits per heavy atom. The van der Waals surface area contributed by atoms with E-state index in [9.17, 15) is 4.79 Å². The standard InChI is InChI=1S/C24H28N4O/c1-19(24(29)26-23-12-5-11-22-21(23)10-6-13-25-22)28-15-7-14-27(16-17-28)18-20-8-3-2-4-9-20/h2-6,8-13,19H,7,14-18H2,1H3,(H,26,29). The van der Waals surface area contributed by atoms with E-state index in [1.807, 2.05) is 37.3 Å². The van der Waals surface area contributed by atoms with Crippen molar-refractivity contribution in [1.29, 1.82) is 0 Å². The van der Waals surface area contributed by atoms with Crippen molar-refractivity contribution in [3.8, 4) is 0 Å². The summed E-state index contributed by atoms with van der Waals surface area (Å²) in [6, 6.07) is 20.2. The van der Waals surface area contributed by atoms with E-state index in [-0.39, 0.29) is 11.9 Å². The second-order valence-corrected chi connectivity index (χ2v) is 7.69. The second kappa shape index (κ2) is 9.16. The van der Waals surface area contributed by atoms with E-state index >= 15 is 0 Å². The number of amides is 1. The molecule has 5 heteroatoms. The quantitative estimate of drug-likeness (QED) is 0.723. The van der Waals surface area contributed by atoms with Gasteiger partial charge in [0, 0.05) is 37.8 Å². The third kappa shape index (κ3) is 4.81. The number of anilines is 1. The van der Waals surface area contributed by atoms with Crippen molar-refractivity contribution >= 4 is 22.5 Å². The Hall–Kier alpha value is -2.76. The zero-order chi connectivity index (χ0) is 20.1. The first-order chi connectivity index (χ1) is 14.2. The van der Waals surface area contributed by atoms with Crippen molar-refractivity contribution in [1.82, 2.24) is 14.8 Å². The fraction of sp³-hybridized carbons (Fsp3) is 0.333. The number of fused-ring (bicyclic) bond motifs is 1. The van der Waals surface area contributed by atoms with Gasteiger partial charge in [-0.15, -0.1) is 0 Å². The van der Waals surface area contributed by atoms with Crippen molar-refractivity contribution in [3.63, 3.8) is 0 Å². The lowest BCUT2D eigenvalue weighted by Crippen LogP contribution is -2.43. The lowest BCUT2D eigenvalue weighted by atomic mass is 10.1. The van der Waals surface area contributed by atoms with Crippen LogP contribution in [0.15, 0.2) is 66.9 Å². The molecule has 1 aromatic heterocycles. The van der Waals surface area contributed by atoms with Crippen LogP contribution in [0.25, 0.3) is 10.9 Å². The van der Waals surface area contributed by atoms with Crippen LogP contribution in [0.2, 0.25) is 0 Å². The summed E-state index contributed by atoms with van der Waals surface area (Å²) >= 11 is 0. The van der Waals surface area contributed by atoms with Crippen molar-refractivity contribution in [2.24, 2.45) is 0 Å². The van der Waals surface area contributed by atoms with Gasteiger partial charge in [0.25, 0.3) is 0 Å². The number of carbonyl (C=O) groups is 1. The molecule has 150 valence electrons. The number of nitrogens with one attached hydrogen (secondary N) is 1. The number of nitrogens with zero attached hydrogens (tertiary/aromatic N) is 3. The summed E-state index contributed by atoms with van der Waals surface area (Å²) in [5.41, 5.74) is 3.06. The molecule has 1 atom stereocenters. The smallest absolute Gasteiger partial charge is 0.241 e. The average Bonchev–Trinajstić information content (AvgIpc) is 3.00.